The highest BCUT2D eigenvalue weighted by Gasteiger charge is 2.76. The predicted octanol–water partition coefficient (Wildman–Crippen LogP) is 3.24. The number of fused-ring (bicyclic) bond motifs is 2. The van der Waals surface area contributed by atoms with Crippen molar-refractivity contribution in [2.75, 3.05) is 19.0 Å². The van der Waals surface area contributed by atoms with E-state index in [1.807, 2.05) is 66.0 Å². The van der Waals surface area contributed by atoms with Gasteiger partial charge in [-0.25, -0.2) is 4.79 Å². The van der Waals surface area contributed by atoms with Crippen molar-refractivity contribution in [3.63, 3.8) is 0 Å². The second kappa shape index (κ2) is 8.06. The summed E-state index contributed by atoms with van der Waals surface area (Å²) in [6.45, 7) is 0.303. The Bertz CT molecular complexity index is 1470. The lowest BCUT2D eigenvalue weighted by Crippen LogP contribution is -2.66. The van der Waals surface area contributed by atoms with Gasteiger partial charge in [0.2, 0.25) is 0 Å². The second-order valence-electron chi connectivity index (χ2n) is 9.42. The molecule has 0 saturated carbocycles. The molecule has 1 N–H and O–H groups in total. The van der Waals surface area contributed by atoms with Crippen molar-refractivity contribution >= 4 is 58.0 Å². The standard InChI is InChI=1S/C27H22N4O4S2/c1-29-22(32)26(23(33)30(2)25(29)35)20(19-13-8-14-37-19)27(28-21(26)36)17-11-6-7-12-18(17)31(24(27)34)15-16-9-4-3-5-10-16/h3-14,20H,15H2,1-2H3,(H,28,36)/t20-,27-/m0/s1. The van der Waals surface area contributed by atoms with E-state index in [0.29, 0.717) is 22.7 Å². The van der Waals surface area contributed by atoms with Crippen LogP contribution in [0.15, 0.2) is 72.1 Å². The van der Waals surface area contributed by atoms with Gasteiger partial charge in [-0.2, -0.15) is 0 Å². The summed E-state index contributed by atoms with van der Waals surface area (Å²) in [7, 11) is 2.67. The highest BCUT2D eigenvalue weighted by Crippen LogP contribution is 2.61. The molecule has 1 aromatic heterocycles. The number of barbiturate groups is 1. The van der Waals surface area contributed by atoms with Crippen molar-refractivity contribution < 1.29 is 19.2 Å². The van der Waals surface area contributed by atoms with Crippen molar-refractivity contribution in [3.8, 4) is 0 Å². The zero-order valence-corrected chi connectivity index (χ0v) is 21.6. The topological polar surface area (TPSA) is 90.0 Å². The summed E-state index contributed by atoms with van der Waals surface area (Å²) in [5.74, 6) is -2.78. The summed E-state index contributed by atoms with van der Waals surface area (Å²) in [6, 6.07) is 19.9. The molecule has 10 heteroatoms. The molecule has 0 aliphatic carbocycles. The average molecular weight is 531 g/mol. The Hall–Kier alpha value is -3.89. The normalized spacial score (nSPS) is 24.4. The van der Waals surface area contributed by atoms with Crippen molar-refractivity contribution in [2.24, 2.45) is 5.41 Å². The van der Waals surface area contributed by atoms with Crippen LogP contribution in [0.5, 0.6) is 0 Å². The van der Waals surface area contributed by atoms with E-state index in [0.717, 1.165) is 15.4 Å². The van der Waals surface area contributed by atoms with Crippen LogP contribution in [0.3, 0.4) is 0 Å². The zero-order chi connectivity index (χ0) is 26.1. The van der Waals surface area contributed by atoms with Gasteiger partial charge in [-0.3, -0.25) is 24.2 Å². The molecule has 2 saturated heterocycles. The fourth-order valence-electron chi connectivity index (χ4n) is 5.95. The van der Waals surface area contributed by atoms with E-state index in [9.17, 15) is 19.2 Å². The minimum Gasteiger partial charge on any atom is -0.360 e. The summed E-state index contributed by atoms with van der Waals surface area (Å²) < 4.78 is 0. The number of carbonyl (C=O) groups excluding carboxylic acids is 4. The molecule has 2 atom stereocenters. The Morgan fingerprint density at radius 1 is 0.865 bits per heavy atom. The SMILES string of the molecule is CN1C(=O)N(C)C(=O)C2(C1=O)C(=S)N[C@]1(C(=O)N(Cc3ccccc3)c3ccccc31)[C@H]2c1cccs1. The smallest absolute Gasteiger partial charge is 0.332 e. The maximum absolute atomic E-state index is 14.6. The molecular weight excluding hydrogens is 508 g/mol. The summed E-state index contributed by atoms with van der Waals surface area (Å²) in [5.41, 5.74) is -1.22. The first-order chi connectivity index (χ1) is 17.8. The Morgan fingerprint density at radius 3 is 2.16 bits per heavy atom. The van der Waals surface area contributed by atoms with Crippen LogP contribution in [0.4, 0.5) is 10.5 Å². The molecule has 2 aromatic carbocycles. The number of imide groups is 2. The molecule has 2 spiro atoms. The molecule has 0 radical (unpaired) electrons. The van der Waals surface area contributed by atoms with Crippen LogP contribution in [0.25, 0.3) is 0 Å². The molecule has 5 amide bonds. The summed E-state index contributed by atoms with van der Waals surface area (Å²) >= 11 is 7.12. The molecule has 4 heterocycles. The first-order valence-electron chi connectivity index (χ1n) is 11.7. The molecule has 3 aliphatic rings. The molecule has 3 aromatic rings. The quantitative estimate of drug-likeness (QED) is 0.413. The van der Waals surface area contributed by atoms with E-state index in [4.69, 9.17) is 12.2 Å². The monoisotopic (exact) mass is 530 g/mol. The minimum atomic E-state index is -1.96. The fourth-order valence-corrected chi connectivity index (χ4v) is 7.37. The third-order valence-corrected chi connectivity index (χ3v) is 8.97. The molecule has 0 unspecified atom stereocenters. The number of thiocarbonyl (C=S) groups is 1. The number of thiophene rings is 1. The number of hydrogen-bond donors (Lipinski definition) is 1. The number of benzene rings is 2. The first kappa shape index (κ1) is 23.5. The Kier molecular flexibility index (Phi) is 5.12. The maximum Gasteiger partial charge on any atom is 0.332 e. The first-order valence-corrected chi connectivity index (χ1v) is 13.0. The van der Waals surface area contributed by atoms with Gasteiger partial charge in [0.15, 0.2) is 11.0 Å². The second-order valence-corrected chi connectivity index (χ2v) is 10.8. The van der Waals surface area contributed by atoms with Crippen molar-refractivity contribution in [3.05, 3.63) is 88.1 Å². The van der Waals surface area contributed by atoms with Gasteiger partial charge in [0, 0.05) is 24.5 Å². The van der Waals surface area contributed by atoms with E-state index in [-0.39, 0.29) is 10.9 Å². The van der Waals surface area contributed by atoms with Gasteiger partial charge < -0.3 is 10.2 Å². The Morgan fingerprint density at radius 2 is 1.51 bits per heavy atom. The molecule has 37 heavy (non-hydrogen) atoms. The lowest BCUT2D eigenvalue weighted by atomic mass is 9.65. The third-order valence-electron chi connectivity index (χ3n) is 7.61. The van der Waals surface area contributed by atoms with Crippen LogP contribution in [0.1, 0.15) is 21.9 Å². The number of nitrogens with zero attached hydrogens (tertiary/aromatic N) is 3. The van der Waals surface area contributed by atoms with Crippen LogP contribution in [0, 0.1) is 5.41 Å². The van der Waals surface area contributed by atoms with E-state index in [1.54, 1.807) is 11.0 Å². The predicted molar refractivity (Wildman–Crippen MR) is 142 cm³/mol. The summed E-state index contributed by atoms with van der Waals surface area (Å²) in [5, 5.41) is 5.04. The van der Waals surface area contributed by atoms with E-state index >= 15 is 0 Å². The molecule has 3 aliphatic heterocycles. The zero-order valence-electron chi connectivity index (χ0n) is 20.0. The van der Waals surface area contributed by atoms with Crippen LogP contribution in [-0.2, 0) is 26.5 Å². The largest absolute Gasteiger partial charge is 0.360 e. The number of para-hydroxylation sites is 1. The van der Waals surface area contributed by atoms with Gasteiger partial charge in [-0.15, -0.1) is 11.3 Å². The summed E-state index contributed by atoms with van der Waals surface area (Å²) in [6.07, 6.45) is 0. The Balaban J connectivity index is 1.61. The minimum absolute atomic E-state index is 0.0585. The van der Waals surface area contributed by atoms with E-state index < -0.39 is 34.7 Å². The average Bonchev–Trinajstić information content (AvgIpc) is 3.59. The van der Waals surface area contributed by atoms with Crippen LogP contribution < -0.4 is 10.2 Å². The molecule has 186 valence electrons. The van der Waals surface area contributed by atoms with Gasteiger partial charge in [0.05, 0.1) is 18.2 Å². The number of amides is 5. The van der Waals surface area contributed by atoms with Gasteiger partial charge in [-0.1, -0.05) is 66.8 Å². The number of hydrogen-bond acceptors (Lipinski definition) is 6. The summed E-state index contributed by atoms with van der Waals surface area (Å²) in [4.78, 5) is 59.3. The van der Waals surface area contributed by atoms with Gasteiger partial charge in [-0.05, 0) is 23.1 Å². The highest BCUT2D eigenvalue weighted by atomic mass is 32.1. The highest BCUT2D eigenvalue weighted by molar-refractivity contribution is 7.80. The van der Waals surface area contributed by atoms with Crippen LogP contribution in [-0.4, -0.2) is 52.6 Å². The van der Waals surface area contributed by atoms with Crippen LogP contribution in [0.2, 0.25) is 0 Å². The van der Waals surface area contributed by atoms with E-state index in [2.05, 4.69) is 5.32 Å². The third kappa shape index (κ3) is 2.85. The lowest BCUT2D eigenvalue weighted by Gasteiger charge is -2.43. The number of rotatable bonds is 3. The fraction of sp³-hybridized carbons (Fsp3) is 0.222. The molecule has 6 rings (SSSR count). The number of nitrogens with one attached hydrogen (secondary N) is 1. The molecule has 2 fully saturated rings. The van der Waals surface area contributed by atoms with E-state index in [1.165, 1.54) is 25.4 Å². The number of anilines is 1. The maximum atomic E-state index is 14.6. The van der Waals surface area contributed by atoms with Crippen LogP contribution >= 0.6 is 23.6 Å². The van der Waals surface area contributed by atoms with Crippen molar-refractivity contribution in [1.82, 2.24) is 15.1 Å². The molecule has 8 nitrogen and oxygen atoms in total. The van der Waals surface area contributed by atoms with Gasteiger partial charge >= 0.3 is 6.03 Å². The number of carbonyl (C=O) groups is 4. The van der Waals surface area contributed by atoms with Crippen molar-refractivity contribution in [2.45, 2.75) is 18.0 Å². The van der Waals surface area contributed by atoms with Gasteiger partial charge in [0.25, 0.3) is 17.7 Å². The molecular formula is C27H22N4O4S2. The lowest BCUT2D eigenvalue weighted by molar-refractivity contribution is -0.153. The Labute approximate surface area is 222 Å². The van der Waals surface area contributed by atoms with Gasteiger partial charge in [0.1, 0.15) is 4.99 Å². The molecule has 0 bridgehead atoms. The number of urea groups is 1. The van der Waals surface area contributed by atoms with Crippen molar-refractivity contribution in [1.29, 1.82) is 0 Å².